The van der Waals surface area contributed by atoms with Gasteiger partial charge in [0.05, 0.1) is 26.3 Å². The fourth-order valence-electron chi connectivity index (χ4n) is 1.47. The van der Waals surface area contributed by atoms with Crippen LogP contribution in [0, 0.1) is 5.92 Å². The van der Waals surface area contributed by atoms with E-state index < -0.39 is 0 Å². The second-order valence-electron chi connectivity index (χ2n) is 3.79. The molecule has 1 heteroatoms. The van der Waals surface area contributed by atoms with E-state index in [1.165, 1.54) is 25.9 Å². The highest BCUT2D eigenvalue weighted by Crippen LogP contribution is 2.20. The van der Waals surface area contributed by atoms with Crippen molar-refractivity contribution in [3.8, 4) is 0 Å². The van der Waals surface area contributed by atoms with Gasteiger partial charge in [-0.3, -0.25) is 0 Å². The van der Waals surface area contributed by atoms with Crippen LogP contribution < -0.4 is 0 Å². The van der Waals surface area contributed by atoms with E-state index in [0.29, 0.717) is 0 Å². The van der Waals surface area contributed by atoms with Gasteiger partial charge in [0.15, 0.2) is 0 Å². The van der Waals surface area contributed by atoms with Crippen molar-refractivity contribution in [2.75, 3.05) is 20.1 Å². The van der Waals surface area contributed by atoms with Gasteiger partial charge in [-0.2, -0.15) is 0 Å². The molecule has 0 aromatic carbocycles. The first-order valence-corrected chi connectivity index (χ1v) is 4.14. The van der Waals surface area contributed by atoms with Crippen molar-refractivity contribution in [3.63, 3.8) is 0 Å². The van der Waals surface area contributed by atoms with Crippen LogP contribution in [-0.4, -0.2) is 24.6 Å². The number of nitrogens with zero attached hydrogens (tertiary/aromatic N) is 1. The number of rotatable bonds is 1. The molecule has 0 aromatic rings. The minimum atomic E-state index is 0.936. The Kier molecular flexibility index (Phi) is 2.14. The highest BCUT2D eigenvalue weighted by Gasteiger charge is 2.24. The SMILES string of the molecule is C=C[N+]1(C)CCC(C)CC1. The Balaban J connectivity index is 2.46. The Hall–Kier alpha value is -0.300. The Morgan fingerprint density at radius 1 is 1.40 bits per heavy atom. The second-order valence-corrected chi connectivity index (χ2v) is 3.79. The molecule has 1 aliphatic rings. The molecule has 1 rings (SSSR count). The van der Waals surface area contributed by atoms with E-state index in [2.05, 4.69) is 26.8 Å². The first-order valence-electron chi connectivity index (χ1n) is 4.14. The highest BCUT2D eigenvalue weighted by atomic mass is 15.3. The number of hydrogen-bond acceptors (Lipinski definition) is 0. The molecule has 1 saturated heterocycles. The third kappa shape index (κ3) is 1.60. The summed E-state index contributed by atoms with van der Waals surface area (Å²) in [5, 5.41) is 0. The topological polar surface area (TPSA) is 0 Å². The van der Waals surface area contributed by atoms with Crippen LogP contribution in [0.5, 0.6) is 0 Å². The van der Waals surface area contributed by atoms with Crippen LogP contribution in [0.3, 0.4) is 0 Å². The van der Waals surface area contributed by atoms with Crippen molar-refractivity contribution in [1.29, 1.82) is 0 Å². The minimum absolute atomic E-state index is 0.936. The summed E-state index contributed by atoms with van der Waals surface area (Å²) >= 11 is 0. The number of piperidine rings is 1. The lowest BCUT2D eigenvalue weighted by Gasteiger charge is -2.36. The molecule has 1 nitrogen and oxygen atoms in total. The number of quaternary nitrogens is 1. The van der Waals surface area contributed by atoms with Crippen molar-refractivity contribution in [2.45, 2.75) is 19.8 Å². The van der Waals surface area contributed by atoms with E-state index in [1.807, 2.05) is 0 Å². The third-order valence-corrected chi connectivity index (χ3v) is 2.71. The molecule has 1 heterocycles. The van der Waals surface area contributed by atoms with Crippen LogP contribution in [0.4, 0.5) is 0 Å². The summed E-state index contributed by atoms with van der Waals surface area (Å²) in [5.41, 5.74) is 0. The van der Waals surface area contributed by atoms with Crippen molar-refractivity contribution >= 4 is 0 Å². The summed E-state index contributed by atoms with van der Waals surface area (Å²) in [6.07, 6.45) is 4.80. The van der Waals surface area contributed by atoms with Gasteiger partial charge in [0.2, 0.25) is 0 Å². The Morgan fingerprint density at radius 2 is 1.90 bits per heavy atom. The lowest BCUT2D eigenvalue weighted by Crippen LogP contribution is -2.44. The quantitative estimate of drug-likeness (QED) is 0.489. The highest BCUT2D eigenvalue weighted by molar-refractivity contribution is 4.64. The number of hydrogen-bond donors (Lipinski definition) is 0. The summed E-state index contributed by atoms with van der Waals surface area (Å²) in [5.74, 6) is 0.936. The van der Waals surface area contributed by atoms with Gasteiger partial charge in [0.1, 0.15) is 0 Å². The lowest BCUT2D eigenvalue weighted by molar-refractivity contribution is -0.865. The zero-order chi connectivity index (χ0) is 7.61. The molecular weight excluding hydrogens is 122 g/mol. The fraction of sp³-hybridized carbons (Fsp3) is 0.778. The van der Waals surface area contributed by atoms with Crippen LogP contribution in [0.15, 0.2) is 12.8 Å². The van der Waals surface area contributed by atoms with Gasteiger partial charge in [-0.15, -0.1) is 0 Å². The van der Waals surface area contributed by atoms with Crippen molar-refractivity contribution in [3.05, 3.63) is 12.8 Å². The molecule has 0 unspecified atom stereocenters. The summed E-state index contributed by atoms with van der Waals surface area (Å²) < 4.78 is 1.07. The lowest BCUT2D eigenvalue weighted by atomic mass is 9.98. The Morgan fingerprint density at radius 3 is 2.30 bits per heavy atom. The van der Waals surface area contributed by atoms with Crippen LogP contribution in [-0.2, 0) is 0 Å². The molecular formula is C9H18N+. The standard InChI is InChI=1S/C9H18N/c1-4-10(3)7-5-9(2)6-8-10/h4,9H,1,5-8H2,2-3H3/q+1. The smallest absolute Gasteiger partial charge is 0.0883 e. The molecule has 0 saturated carbocycles. The predicted molar refractivity (Wildman–Crippen MR) is 44.5 cm³/mol. The van der Waals surface area contributed by atoms with Gasteiger partial charge >= 0.3 is 0 Å². The first-order chi connectivity index (χ1) is 4.66. The first kappa shape index (κ1) is 7.80. The summed E-state index contributed by atoms with van der Waals surface area (Å²) in [6.45, 7) is 8.76. The number of likely N-dealkylation sites (tertiary alicyclic amines) is 1. The Bertz CT molecular complexity index is 121. The van der Waals surface area contributed by atoms with E-state index in [-0.39, 0.29) is 0 Å². The molecule has 0 amide bonds. The molecule has 0 N–H and O–H groups in total. The third-order valence-electron chi connectivity index (χ3n) is 2.71. The van der Waals surface area contributed by atoms with Gasteiger partial charge in [-0.25, -0.2) is 0 Å². The van der Waals surface area contributed by atoms with Gasteiger partial charge in [-0.05, 0) is 25.3 Å². The predicted octanol–water partition coefficient (Wildman–Crippen LogP) is 2.01. The second kappa shape index (κ2) is 2.75. The zero-order valence-electron chi connectivity index (χ0n) is 7.14. The molecule has 0 aromatic heterocycles. The van der Waals surface area contributed by atoms with Gasteiger partial charge in [-0.1, -0.05) is 6.92 Å². The molecule has 0 aliphatic carbocycles. The average molecular weight is 140 g/mol. The van der Waals surface area contributed by atoms with Crippen LogP contribution in [0.1, 0.15) is 19.8 Å². The zero-order valence-corrected chi connectivity index (χ0v) is 7.14. The molecule has 1 aliphatic heterocycles. The van der Waals surface area contributed by atoms with Crippen LogP contribution in [0.25, 0.3) is 0 Å². The monoisotopic (exact) mass is 140 g/mol. The molecule has 0 bridgehead atoms. The molecule has 58 valence electrons. The molecule has 10 heavy (non-hydrogen) atoms. The van der Waals surface area contributed by atoms with Crippen molar-refractivity contribution < 1.29 is 4.48 Å². The van der Waals surface area contributed by atoms with Crippen molar-refractivity contribution in [1.82, 2.24) is 0 Å². The van der Waals surface area contributed by atoms with E-state index >= 15 is 0 Å². The maximum absolute atomic E-state index is 3.85. The van der Waals surface area contributed by atoms with Gasteiger partial charge in [0, 0.05) is 0 Å². The maximum atomic E-state index is 3.85. The van der Waals surface area contributed by atoms with Crippen LogP contribution in [0.2, 0.25) is 0 Å². The average Bonchev–Trinajstić information content (AvgIpc) is 1.96. The molecule has 0 atom stereocenters. The summed E-state index contributed by atoms with van der Waals surface area (Å²) in [6, 6.07) is 0. The summed E-state index contributed by atoms with van der Waals surface area (Å²) in [4.78, 5) is 0. The normalized spacial score (nSPS) is 41.2. The molecule has 0 radical (unpaired) electrons. The Labute approximate surface area is 63.9 Å². The molecule has 1 fully saturated rings. The van der Waals surface area contributed by atoms with E-state index in [4.69, 9.17) is 0 Å². The minimum Gasteiger partial charge on any atom is -0.300 e. The van der Waals surface area contributed by atoms with Gasteiger partial charge in [0.25, 0.3) is 0 Å². The summed E-state index contributed by atoms with van der Waals surface area (Å²) in [7, 11) is 2.26. The fourth-order valence-corrected chi connectivity index (χ4v) is 1.47. The van der Waals surface area contributed by atoms with Crippen LogP contribution >= 0.6 is 0 Å². The van der Waals surface area contributed by atoms with Gasteiger partial charge < -0.3 is 4.48 Å². The van der Waals surface area contributed by atoms with Crippen molar-refractivity contribution in [2.24, 2.45) is 5.92 Å². The van der Waals surface area contributed by atoms with E-state index in [1.54, 1.807) is 0 Å². The largest absolute Gasteiger partial charge is 0.300 e. The van der Waals surface area contributed by atoms with E-state index in [9.17, 15) is 0 Å². The van der Waals surface area contributed by atoms with E-state index in [0.717, 1.165) is 10.4 Å². The maximum Gasteiger partial charge on any atom is 0.0883 e. The molecule has 0 spiro atoms.